The van der Waals surface area contributed by atoms with Crippen LogP contribution in [0.3, 0.4) is 0 Å². The van der Waals surface area contributed by atoms with Crippen molar-refractivity contribution < 1.29 is 9.26 Å². The summed E-state index contributed by atoms with van der Waals surface area (Å²) in [4.78, 5) is 7.12. The van der Waals surface area contributed by atoms with Gasteiger partial charge in [0.25, 0.3) is 0 Å². The Kier molecular flexibility index (Phi) is 2.60. The predicted octanol–water partition coefficient (Wildman–Crippen LogP) is 2.14. The molecule has 0 bridgehead atoms. The Morgan fingerprint density at radius 3 is 3.11 bits per heavy atom. The average Bonchev–Trinajstić information content (AvgIpc) is 2.98. The van der Waals surface area contributed by atoms with Gasteiger partial charge in [-0.25, -0.2) is 0 Å². The van der Waals surface area contributed by atoms with Crippen molar-refractivity contribution in [2.45, 2.75) is 6.54 Å². The van der Waals surface area contributed by atoms with Crippen LogP contribution in [0.2, 0.25) is 0 Å². The monoisotopic (exact) mass is 262 g/mol. The van der Waals surface area contributed by atoms with Crippen molar-refractivity contribution in [1.29, 1.82) is 0 Å². The van der Waals surface area contributed by atoms with E-state index in [-0.39, 0.29) is 0 Å². The van der Waals surface area contributed by atoms with E-state index in [1.807, 2.05) is 22.8 Å². The number of ether oxygens (including phenoxy) is 1. The molecule has 3 rings (SSSR count). The van der Waals surface area contributed by atoms with Crippen molar-refractivity contribution in [3.05, 3.63) is 35.2 Å². The molecule has 1 N–H and O–H groups in total. The number of aromatic nitrogens is 4. The molecule has 0 atom stereocenters. The highest BCUT2D eigenvalue weighted by Gasteiger charge is 2.08. The highest BCUT2D eigenvalue weighted by atomic mass is 32.1. The van der Waals surface area contributed by atoms with E-state index in [9.17, 15) is 0 Å². The van der Waals surface area contributed by atoms with Crippen molar-refractivity contribution in [2.75, 3.05) is 7.11 Å². The van der Waals surface area contributed by atoms with Gasteiger partial charge >= 0.3 is 0 Å². The maximum atomic E-state index is 5.29. The molecule has 0 aliphatic rings. The minimum absolute atomic E-state index is 0.474. The molecule has 0 aliphatic carbocycles. The van der Waals surface area contributed by atoms with Crippen LogP contribution in [0.5, 0.6) is 5.75 Å². The molecule has 0 radical (unpaired) electrons. The van der Waals surface area contributed by atoms with Crippen LogP contribution in [0.4, 0.5) is 0 Å². The predicted molar refractivity (Wildman–Crippen MR) is 67.1 cm³/mol. The zero-order valence-corrected chi connectivity index (χ0v) is 10.4. The van der Waals surface area contributed by atoms with Crippen LogP contribution in [0.25, 0.3) is 11.0 Å². The van der Waals surface area contributed by atoms with Gasteiger partial charge in [0.15, 0.2) is 10.6 Å². The van der Waals surface area contributed by atoms with Crippen molar-refractivity contribution in [3.63, 3.8) is 0 Å². The maximum Gasteiger partial charge on any atom is 0.213 e. The van der Waals surface area contributed by atoms with Crippen molar-refractivity contribution >= 4 is 23.3 Å². The van der Waals surface area contributed by atoms with E-state index in [4.69, 9.17) is 21.5 Å². The fraction of sp³-hybridized carbons (Fsp3) is 0.182. The van der Waals surface area contributed by atoms with Gasteiger partial charge in [-0.05, 0) is 24.4 Å². The summed E-state index contributed by atoms with van der Waals surface area (Å²) in [6, 6.07) is 5.73. The van der Waals surface area contributed by atoms with Gasteiger partial charge in [0.2, 0.25) is 6.39 Å². The Labute approximate surface area is 107 Å². The van der Waals surface area contributed by atoms with E-state index in [1.54, 1.807) is 7.11 Å². The van der Waals surface area contributed by atoms with Crippen LogP contribution in [0.15, 0.2) is 29.1 Å². The third-order valence-corrected chi connectivity index (χ3v) is 3.01. The fourth-order valence-corrected chi connectivity index (χ4v) is 2.10. The summed E-state index contributed by atoms with van der Waals surface area (Å²) in [5.74, 6) is 1.37. The lowest BCUT2D eigenvalue weighted by atomic mass is 10.3. The number of benzene rings is 1. The van der Waals surface area contributed by atoms with E-state index in [1.165, 1.54) is 6.39 Å². The van der Waals surface area contributed by atoms with Crippen LogP contribution in [-0.2, 0) is 6.54 Å². The van der Waals surface area contributed by atoms with Gasteiger partial charge in [-0.1, -0.05) is 5.16 Å². The molecule has 0 saturated heterocycles. The largest absolute Gasteiger partial charge is 0.497 e. The molecule has 0 aliphatic heterocycles. The van der Waals surface area contributed by atoms with Gasteiger partial charge in [-0.2, -0.15) is 4.98 Å². The van der Waals surface area contributed by atoms with Gasteiger partial charge in [-0.15, -0.1) is 0 Å². The van der Waals surface area contributed by atoms with E-state index in [0.29, 0.717) is 17.1 Å². The molecule has 2 aromatic heterocycles. The number of methoxy groups -OCH3 is 1. The SMILES string of the molecule is COc1ccc2c(c1)[nH]c(=S)n2Cc1ncon1. The Morgan fingerprint density at radius 2 is 2.39 bits per heavy atom. The van der Waals surface area contributed by atoms with Gasteiger partial charge in [0.05, 0.1) is 24.7 Å². The average molecular weight is 262 g/mol. The lowest BCUT2D eigenvalue weighted by Gasteiger charge is -2.02. The second kappa shape index (κ2) is 4.26. The molecular weight excluding hydrogens is 252 g/mol. The number of H-pyrrole nitrogens is 1. The number of fused-ring (bicyclic) bond motifs is 1. The van der Waals surface area contributed by atoms with E-state index >= 15 is 0 Å². The Balaban J connectivity index is 2.11. The number of imidazole rings is 1. The summed E-state index contributed by atoms with van der Waals surface area (Å²) >= 11 is 5.29. The second-order valence-electron chi connectivity index (χ2n) is 3.75. The molecule has 0 saturated carbocycles. The first kappa shape index (κ1) is 11.0. The Morgan fingerprint density at radius 1 is 1.50 bits per heavy atom. The first-order valence-corrected chi connectivity index (χ1v) is 5.70. The fourth-order valence-electron chi connectivity index (χ4n) is 1.83. The molecular formula is C11H10N4O2S. The zero-order valence-electron chi connectivity index (χ0n) is 9.58. The molecule has 1 aromatic carbocycles. The number of hydrogen-bond acceptors (Lipinski definition) is 5. The molecule has 0 unspecified atom stereocenters. The molecule has 0 fully saturated rings. The number of rotatable bonds is 3. The smallest absolute Gasteiger partial charge is 0.213 e. The lowest BCUT2D eigenvalue weighted by Crippen LogP contribution is -2.01. The Hall–Kier alpha value is -2.15. The molecule has 3 aromatic rings. The third-order valence-electron chi connectivity index (χ3n) is 2.69. The van der Waals surface area contributed by atoms with Crippen molar-refractivity contribution in [2.24, 2.45) is 0 Å². The van der Waals surface area contributed by atoms with Gasteiger partial charge < -0.3 is 18.8 Å². The summed E-state index contributed by atoms with van der Waals surface area (Å²) < 4.78 is 12.4. The maximum absolute atomic E-state index is 5.29. The molecule has 6 nitrogen and oxygen atoms in total. The van der Waals surface area contributed by atoms with Gasteiger partial charge in [0, 0.05) is 6.07 Å². The molecule has 0 amide bonds. The molecule has 92 valence electrons. The number of nitrogens with one attached hydrogen (secondary N) is 1. The number of aromatic amines is 1. The molecule has 18 heavy (non-hydrogen) atoms. The van der Waals surface area contributed by atoms with Gasteiger partial charge in [0.1, 0.15) is 5.75 Å². The first-order valence-electron chi connectivity index (χ1n) is 5.30. The summed E-state index contributed by atoms with van der Waals surface area (Å²) in [7, 11) is 1.63. The van der Waals surface area contributed by atoms with Crippen LogP contribution in [-0.4, -0.2) is 26.8 Å². The minimum Gasteiger partial charge on any atom is -0.497 e. The van der Waals surface area contributed by atoms with Crippen molar-refractivity contribution in [3.8, 4) is 5.75 Å². The summed E-state index contributed by atoms with van der Waals surface area (Å²) in [6.45, 7) is 0.474. The molecule has 2 heterocycles. The normalized spacial score (nSPS) is 10.9. The standard InChI is InChI=1S/C11H10N4O2S/c1-16-7-2-3-9-8(4-7)13-11(18)15(9)5-10-12-6-17-14-10/h2-4,6H,5H2,1H3,(H,13,18). The van der Waals surface area contributed by atoms with Crippen LogP contribution in [0, 0.1) is 4.77 Å². The second-order valence-corrected chi connectivity index (χ2v) is 4.13. The highest BCUT2D eigenvalue weighted by Crippen LogP contribution is 2.20. The van der Waals surface area contributed by atoms with E-state index in [0.717, 1.165) is 16.8 Å². The van der Waals surface area contributed by atoms with Gasteiger partial charge in [-0.3, -0.25) is 0 Å². The Bertz CT molecular complexity index is 729. The highest BCUT2D eigenvalue weighted by molar-refractivity contribution is 7.71. The van der Waals surface area contributed by atoms with Crippen molar-refractivity contribution in [1.82, 2.24) is 19.7 Å². The molecule has 0 spiro atoms. The summed E-state index contributed by atoms with van der Waals surface area (Å²) in [5, 5.41) is 3.78. The summed E-state index contributed by atoms with van der Waals surface area (Å²) in [5.41, 5.74) is 1.90. The topological polar surface area (TPSA) is 68.9 Å². The van der Waals surface area contributed by atoms with Crippen LogP contribution in [0.1, 0.15) is 5.82 Å². The third kappa shape index (κ3) is 1.78. The van der Waals surface area contributed by atoms with E-state index in [2.05, 4.69) is 15.1 Å². The number of hydrogen-bond donors (Lipinski definition) is 1. The lowest BCUT2D eigenvalue weighted by molar-refractivity contribution is 0.408. The number of nitrogens with zero attached hydrogens (tertiary/aromatic N) is 3. The van der Waals surface area contributed by atoms with Crippen LogP contribution >= 0.6 is 12.2 Å². The quantitative estimate of drug-likeness (QED) is 0.732. The van der Waals surface area contributed by atoms with E-state index < -0.39 is 0 Å². The molecule has 7 heteroatoms. The summed E-state index contributed by atoms with van der Waals surface area (Å²) in [6.07, 6.45) is 1.30. The minimum atomic E-state index is 0.474. The first-order chi connectivity index (χ1) is 8.78. The van der Waals surface area contributed by atoms with Crippen LogP contribution < -0.4 is 4.74 Å². The zero-order chi connectivity index (χ0) is 12.5.